The number of hydrogen-bond donors (Lipinski definition) is 2. The lowest BCUT2D eigenvalue weighted by molar-refractivity contribution is -0.129. The van der Waals surface area contributed by atoms with Crippen molar-refractivity contribution in [1.29, 1.82) is 0 Å². The Morgan fingerprint density at radius 2 is 1.74 bits per heavy atom. The smallest absolute Gasteiger partial charge is 0.219 e. The summed E-state index contributed by atoms with van der Waals surface area (Å²) in [4.78, 5) is 20.5. The molecule has 1 atom stereocenters. The highest BCUT2D eigenvalue weighted by molar-refractivity contribution is 5.73. The summed E-state index contributed by atoms with van der Waals surface area (Å²) in [5.74, 6) is 1.17. The summed E-state index contributed by atoms with van der Waals surface area (Å²) < 4.78 is 0. The number of carbonyl (C=O) groups is 1. The van der Waals surface area contributed by atoms with Crippen LogP contribution < -0.4 is 0 Å². The summed E-state index contributed by atoms with van der Waals surface area (Å²) >= 11 is 0. The number of benzene rings is 1. The molecule has 0 radical (unpaired) electrons. The number of carbonyl (C=O) groups excluding carboxylic acids is 1. The number of nitrogens with one attached hydrogen (secondary N) is 1. The normalized spacial score (nSPS) is 21.9. The number of nitrogens with zero attached hydrogens (tertiary/aromatic N) is 4. The molecular weight excluding hydrogens is 474 g/mol. The monoisotopic (exact) mass is 513 g/mol. The molecule has 3 aliphatic rings. The minimum Gasteiger partial charge on any atom is -0.380 e. The molecule has 0 unspecified atom stereocenters. The van der Waals surface area contributed by atoms with E-state index < -0.39 is 5.60 Å². The van der Waals surface area contributed by atoms with Crippen molar-refractivity contribution in [1.82, 2.24) is 25.0 Å². The maximum atomic E-state index is 12.6. The van der Waals surface area contributed by atoms with Crippen molar-refractivity contribution in [2.45, 2.75) is 63.4 Å². The molecule has 2 N–H and O–H groups in total. The van der Waals surface area contributed by atoms with Gasteiger partial charge in [0.05, 0.1) is 5.69 Å². The highest BCUT2D eigenvalue weighted by Crippen LogP contribution is 2.50. The van der Waals surface area contributed by atoms with Gasteiger partial charge in [0, 0.05) is 73.7 Å². The van der Waals surface area contributed by atoms with Crippen molar-refractivity contribution in [3.63, 3.8) is 0 Å². The lowest BCUT2D eigenvalue weighted by atomic mass is 9.62. The van der Waals surface area contributed by atoms with Gasteiger partial charge < -0.3 is 14.9 Å². The molecule has 2 aliphatic heterocycles. The lowest BCUT2D eigenvalue weighted by Gasteiger charge is -2.56. The van der Waals surface area contributed by atoms with Crippen LogP contribution in [0, 0.1) is 5.41 Å². The first-order chi connectivity index (χ1) is 18.3. The van der Waals surface area contributed by atoms with Crippen molar-refractivity contribution < 1.29 is 9.90 Å². The third kappa shape index (κ3) is 4.26. The van der Waals surface area contributed by atoms with Gasteiger partial charge in [-0.3, -0.25) is 14.9 Å². The second-order valence-electron chi connectivity index (χ2n) is 12.1. The average Bonchev–Trinajstić information content (AvgIpc) is 3.37. The number of rotatable bonds is 6. The minimum atomic E-state index is -1.17. The molecule has 1 aromatic carbocycles. The zero-order valence-corrected chi connectivity index (χ0v) is 22.8. The van der Waals surface area contributed by atoms with E-state index in [0.717, 1.165) is 67.1 Å². The minimum absolute atomic E-state index is 0.146. The first kappa shape index (κ1) is 25.3. The zero-order chi connectivity index (χ0) is 26.5. The molecule has 7 heteroatoms. The fourth-order valence-corrected chi connectivity index (χ4v) is 6.95. The Kier molecular flexibility index (Phi) is 6.39. The van der Waals surface area contributed by atoms with Gasteiger partial charge in [-0.1, -0.05) is 37.6 Å². The van der Waals surface area contributed by atoms with E-state index in [2.05, 4.69) is 70.5 Å². The molecule has 3 aromatic rings. The first-order valence-electron chi connectivity index (χ1n) is 14.0. The van der Waals surface area contributed by atoms with Gasteiger partial charge in [-0.2, -0.15) is 5.10 Å². The summed E-state index contributed by atoms with van der Waals surface area (Å²) in [7, 11) is 2.10. The molecular formula is C31H39N5O2. The maximum absolute atomic E-state index is 12.6. The number of aromatic nitrogens is 3. The number of likely N-dealkylation sites (tertiary alicyclic amines) is 2. The Morgan fingerprint density at radius 1 is 1.03 bits per heavy atom. The number of aliphatic hydroxyl groups is 1. The average molecular weight is 514 g/mol. The number of amides is 1. The van der Waals surface area contributed by atoms with E-state index in [1.165, 1.54) is 24.8 Å². The zero-order valence-electron chi connectivity index (χ0n) is 22.8. The van der Waals surface area contributed by atoms with E-state index in [9.17, 15) is 9.90 Å². The number of H-pyrrole nitrogens is 1. The third-order valence-electron chi connectivity index (χ3n) is 9.45. The van der Waals surface area contributed by atoms with Crippen LogP contribution in [0.25, 0.3) is 11.3 Å². The molecule has 4 heterocycles. The molecule has 2 saturated heterocycles. The molecule has 2 aromatic heterocycles. The molecule has 7 nitrogen and oxygen atoms in total. The van der Waals surface area contributed by atoms with Crippen LogP contribution in [0.3, 0.4) is 0 Å². The fraction of sp³-hybridized carbons (Fsp3) is 0.516. The molecule has 1 amide bonds. The van der Waals surface area contributed by atoms with Gasteiger partial charge in [-0.15, -0.1) is 0 Å². The standard InChI is InChI=1S/C31H39N5O2/c1-21(37)36-13-11-24(12-14-36)28-16-29(34-33-28)25-15-27(18-32-17-25)31(38,30(2)19-35(3)20-30)26-9-7-23(8-10-26)22-5-4-6-22/h7-10,15-18,22,24,38H,4-6,11-14,19-20H2,1-3H3,(H,33,34)/t31-/m0/s1. The number of pyridine rings is 1. The van der Waals surface area contributed by atoms with Crippen LogP contribution in [-0.2, 0) is 10.4 Å². The molecule has 0 spiro atoms. The van der Waals surface area contributed by atoms with E-state index >= 15 is 0 Å². The first-order valence-corrected chi connectivity index (χ1v) is 14.0. The van der Waals surface area contributed by atoms with Crippen molar-refractivity contribution in [2.75, 3.05) is 33.2 Å². The number of hydrogen-bond acceptors (Lipinski definition) is 5. The Labute approximate surface area is 225 Å². The Balaban J connectivity index is 1.30. The quantitative estimate of drug-likeness (QED) is 0.501. The van der Waals surface area contributed by atoms with E-state index in [1.807, 2.05) is 17.3 Å². The third-order valence-corrected chi connectivity index (χ3v) is 9.45. The molecule has 1 aliphatic carbocycles. The molecule has 1 saturated carbocycles. The topological polar surface area (TPSA) is 85.3 Å². The molecule has 200 valence electrons. The van der Waals surface area contributed by atoms with Crippen LogP contribution in [0.2, 0.25) is 0 Å². The van der Waals surface area contributed by atoms with Crippen molar-refractivity contribution >= 4 is 5.91 Å². The van der Waals surface area contributed by atoms with Gasteiger partial charge in [-0.05, 0) is 61.9 Å². The summed E-state index contributed by atoms with van der Waals surface area (Å²) in [6.45, 7) is 7.00. The van der Waals surface area contributed by atoms with E-state index in [0.29, 0.717) is 11.8 Å². The van der Waals surface area contributed by atoms with Gasteiger partial charge in [0.25, 0.3) is 0 Å². The Morgan fingerprint density at radius 3 is 2.34 bits per heavy atom. The Bertz CT molecular complexity index is 1300. The van der Waals surface area contributed by atoms with Crippen LogP contribution in [0.15, 0.2) is 48.8 Å². The highest BCUT2D eigenvalue weighted by atomic mass is 16.3. The van der Waals surface area contributed by atoms with Crippen LogP contribution in [0.4, 0.5) is 0 Å². The second kappa shape index (κ2) is 9.62. The van der Waals surface area contributed by atoms with Crippen LogP contribution >= 0.6 is 0 Å². The summed E-state index contributed by atoms with van der Waals surface area (Å²) in [6.07, 6.45) is 9.35. The van der Waals surface area contributed by atoms with Crippen LogP contribution in [0.1, 0.15) is 80.2 Å². The summed E-state index contributed by atoms with van der Waals surface area (Å²) in [6, 6.07) is 12.9. The molecule has 3 fully saturated rings. The largest absolute Gasteiger partial charge is 0.380 e. The van der Waals surface area contributed by atoms with Crippen LogP contribution in [-0.4, -0.2) is 69.2 Å². The molecule has 6 rings (SSSR count). The lowest BCUT2D eigenvalue weighted by Crippen LogP contribution is -2.63. The van der Waals surface area contributed by atoms with Gasteiger partial charge in [0.15, 0.2) is 0 Å². The predicted molar refractivity (Wildman–Crippen MR) is 148 cm³/mol. The fourth-order valence-electron chi connectivity index (χ4n) is 6.95. The number of aromatic amines is 1. The second-order valence-corrected chi connectivity index (χ2v) is 12.1. The molecule has 0 bridgehead atoms. The van der Waals surface area contributed by atoms with Gasteiger partial charge >= 0.3 is 0 Å². The van der Waals surface area contributed by atoms with E-state index in [1.54, 1.807) is 6.92 Å². The van der Waals surface area contributed by atoms with Crippen molar-refractivity contribution in [2.24, 2.45) is 5.41 Å². The van der Waals surface area contributed by atoms with E-state index in [-0.39, 0.29) is 11.3 Å². The molecule has 38 heavy (non-hydrogen) atoms. The van der Waals surface area contributed by atoms with Crippen LogP contribution in [0.5, 0.6) is 0 Å². The maximum Gasteiger partial charge on any atom is 0.219 e. The van der Waals surface area contributed by atoms with Crippen molar-refractivity contribution in [3.8, 4) is 11.3 Å². The summed E-state index contributed by atoms with van der Waals surface area (Å²) in [5, 5.41) is 20.4. The summed E-state index contributed by atoms with van der Waals surface area (Å²) in [5.41, 5.74) is 4.44. The number of piperidine rings is 1. The SMILES string of the molecule is CC(=O)N1CCC(c2cc(-c3cncc([C@@](O)(c4ccc(C5CCC5)cc4)C4(C)CN(C)C4)c3)n[nH]2)CC1. The van der Waals surface area contributed by atoms with Gasteiger partial charge in [-0.25, -0.2) is 0 Å². The predicted octanol–water partition coefficient (Wildman–Crippen LogP) is 4.65. The highest BCUT2D eigenvalue weighted by Gasteiger charge is 2.55. The van der Waals surface area contributed by atoms with Gasteiger partial charge in [0.2, 0.25) is 5.91 Å². The Hall–Kier alpha value is -3.03. The van der Waals surface area contributed by atoms with E-state index in [4.69, 9.17) is 0 Å². The van der Waals surface area contributed by atoms with Gasteiger partial charge in [0.1, 0.15) is 5.60 Å². The van der Waals surface area contributed by atoms with Crippen molar-refractivity contribution in [3.05, 3.63) is 71.2 Å².